The van der Waals surface area contributed by atoms with Gasteiger partial charge in [-0.05, 0) is 89.4 Å². The average molecular weight is 759 g/mol. The van der Waals surface area contributed by atoms with Crippen LogP contribution in [0.1, 0.15) is 73.3 Å². The van der Waals surface area contributed by atoms with Gasteiger partial charge in [0, 0.05) is 48.5 Å². The van der Waals surface area contributed by atoms with Crippen LogP contribution >= 0.6 is 0 Å². The molecule has 5 aromatic carbocycles. The van der Waals surface area contributed by atoms with Crippen LogP contribution < -0.4 is 15.6 Å². The van der Waals surface area contributed by atoms with Crippen molar-refractivity contribution >= 4 is 54.9 Å². The van der Waals surface area contributed by atoms with Gasteiger partial charge in [-0.3, -0.25) is 14.4 Å². The minimum absolute atomic E-state index is 0.0256. The lowest BCUT2D eigenvalue weighted by Gasteiger charge is -2.24. The Morgan fingerprint density at radius 2 is 1.22 bits per heavy atom. The van der Waals surface area contributed by atoms with E-state index in [1.807, 2.05) is 13.0 Å². The van der Waals surface area contributed by atoms with Gasteiger partial charge in [-0.1, -0.05) is 18.1 Å². The summed E-state index contributed by atoms with van der Waals surface area (Å²) in [6.45, 7) is 4.38. The number of allylic oxidation sites excluding steroid dienone is 1. The number of phenols is 2. The summed E-state index contributed by atoms with van der Waals surface area (Å²) in [5.74, 6) is -0.145. The third kappa shape index (κ3) is 7.85. The minimum Gasteiger partial charge on any atom is -0.507 e. The summed E-state index contributed by atoms with van der Waals surface area (Å²) >= 11 is 0. The predicted octanol–water partition coefficient (Wildman–Crippen LogP) is 5.41. The molecule has 0 amide bonds. The molecule has 55 heavy (non-hydrogen) atoms. The van der Waals surface area contributed by atoms with E-state index in [2.05, 4.69) is 0 Å². The maximum atomic E-state index is 13.8. The molecule has 0 unspecified atom stereocenters. The molecule has 6 rings (SSSR count). The van der Waals surface area contributed by atoms with Crippen molar-refractivity contribution in [3.8, 4) is 17.2 Å². The van der Waals surface area contributed by atoms with Crippen molar-refractivity contribution in [3.63, 3.8) is 0 Å². The average Bonchev–Trinajstić information content (AvgIpc) is 3.32. The molecule has 5 aromatic rings. The van der Waals surface area contributed by atoms with Crippen LogP contribution in [0.2, 0.25) is 0 Å². The van der Waals surface area contributed by atoms with Crippen molar-refractivity contribution in [1.82, 2.24) is 0 Å². The van der Waals surface area contributed by atoms with Gasteiger partial charge in [-0.25, -0.2) is 0 Å². The van der Waals surface area contributed by atoms with Crippen LogP contribution in [0.25, 0.3) is 49.2 Å². The Bertz CT molecular complexity index is 2330. The Kier molecular flexibility index (Phi) is 13.2. The number of phenolic OH excluding ortho intramolecular Hbond substituents is 2. The number of methoxy groups -OCH3 is 2. The van der Waals surface area contributed by atoms with Crippen LogP contribution in [-0.2, 0) is 49.8 Å². The second-order valence-electron chi connectivity index (χ2n) is 14.2. The predicted molar refractivity (Wildman–Crippen MR) is 211 cm³/mol. The zero-order chi connectivity index (χ0) is 39.2. The molecule has 0 aromatic heterocycles. The molecule has 0 atom stereocenters. The zero-order valence-corrected chi connectivity index (χ0v) is 31.8. The Labute approximate surface area is 318 Å². The number of benzene rings is 5. The fraction of sp³-hybridized carbons (Fsp3) is 0.465. The quantitative estimate of drug-likeness (QED) is 0.0402. The monoisotopic (exact) mass is 758 g/mol. The maximum absolute atomic E-state index is 13.8. The molecule has 0 saturated carbocycles. The highest BCUT2D eigenvalue weighted by molar-refractivity contribution is 6.38. The van der Waals surface area contributed by atoms with E-state index in [-0.39, 0.29) is 44.9 Å². The molecule has 4 N–H and O–H groups in total. The van der Waals surface area contributed by atoms with Gasteiger partial charge in [-0.2, -0.15) is 0 Å². The summed E-state index contributed by atoms with van der Waals surface area (Å²) in [4.78, 5) is 40.1. The second kappa shape index (κ2) is 18.0. The highest BCUT2D eigenvalue weighted by Gasteiger charge is 2.32. The number of rotatable bonds is 22. The Balaban J connectivity index is 1.24. The molecule has 0 bridgehead atoms. The maximum Gasteiger partial charge on any atom is 0.190 e. The zero-order valence-electron chi connectivity index (χ0n) is 31.8. The Morgan fingerprint density at radius 3 is 1.82 bits per heavy atom. The summed E-state index contributed by atoms with van der Waals surface area (Å²) < 4.78 is 27.1. The summed E-state index contributed by atoms with van der Waals surface area (Å²) in [5.41, 5.74) is 2.40. The lowest BCUT2D eigenvalue weighted by molar-refractivity contribution is -0.119. The topological polar surface area (TPSA) is 178 Å². The van der Waals surface area contributed by atoms with E-state index in [1.54, 1.807) is 7.11 Å². The molecule has 1 aliphatic rings. The van der Waals surface area contributed by atoms with Crippen molar-refractivity contribution in [2.24, 2.45) is 0 Å². The van der Waals surface area contributed by atoms with Gasteiger partial charge in [0.1, 0.15) is 11.5 Å². The number of Topliss-reactive ketones (excluding diaryl/α,β-unsaturated/α-hetero) is 1. The molecule has 0 heterocycles. The first-order valence-electron chi connectivity index (χ1n) is 18.9. The summed E-state index contributed by atoms with van der Waals surface area (Å²) in [5, 5.41) is 47.7. The Morgan fingerprint density at radius 1 is 0.655 bits per heavy atom. The van der Waals surface area contributed by atoms with E-state index >= 15 is 0 Å². The van der Waals surface area contributed by atoms with Crippen LogP contribution in [0.5, 0.6) is 17.2 Å². The van der Waals surface area contributed by atoms with Gasteiger partial charge in [0.2, 0.25) is 0 Å². The number of hydrogen-bond donors (Lipinski definition) is 4. The normalized spacial score (nSPS) is 12.9. The van der Waals surface area contributed by atoms with E-state index in [9.17, 15) is 34.8 Å². The summed E-state index contributed by atoms with van der Waals surface area (Å²) in [6.07, 6.45) is 6.26. The van der Waals surface area contributed by atoms with E-state index in [1.165, 1.54) is 19.2 Å². The number of aliphatic hydroxyl groups excluding tert-OH is 2. The van der Waals surface area contributed by atoms with E-state index < -0.39 is 24.1 Å². The number of unbranched alkanes of at least 4 members (excludes halogenated alkanes) is 2. The molecular weight excluding hydrogens is 708 g/mol. The number of hydrogen-bond acceptors (Lipinski definition) is 12. The standard InChI is InChI=1S/C43H50O12/c1-24-18-29-28(10-6-4-5-8-27(46)9-7-11-53-14-15-55-17-16-54-13-12-51-2)41(49)37-31(47)20-25(22-44)33-34-26(23-45)21-32(48)38-40(34)36(35(29)39(33)37)30(19-24)43(52-3)42(38)50/h18,20-21,44-45,49-50H,4-17,19,22-23H2,1-3H3. The van der Waals surface area contributed by atoms with Crippen LogP contribution in [0, 0.1) is 0 Å². The third-order valence-electron chi connectivity index (χ3n) is 10.6. The molecular formula is C43H50O12. The molecule has 0 saturated heterocycles. The largest absolute Gasteiger partial charge is 0.507 e. The molecule has 294 valence electrons. The fourth-order valence-corrected chi connectivity index (χ4v) is 8.19. The number of ether oxygens (including phenoxy) is 5. The molecule has 1 aliphatic carbocycles. The van der Waals surface area contributed by atoms with Crippen LogP contribution in [0.15, 0.2) is 27.3 Å². The first kappa shape index (κ1) is 40.2. The van der Waals surface area contributed by atoms with Crippen molar-refractivity contribution in [2.75, 3.05) is 60.5 Å². The minimum atomic E-state index is -0.504. The van der Waals surface area contributed by atoms with Crippen molar-refractivity contribution in [1.29, 1.82) is 0 Å². The van der Waals surface area contributed by atoms with Gasteiger partial charge in [0.25, 0.3) is 0 Å². The number of fused-ring (bicyclic) bond motifs is 1. The van der Waals surface area contributed by atoms with Gasteiger partial charge >= 0.3 is 0 Å². The number of ketones is 1. The van der Waals surface area contributed by atoms with Gasteiger partial charge in [0.05, 0.1) is 70.7 Å². The number of carbonyl (C=O) groups is 1. The van der Waals surface area contributed by atoms with Crippen molar-refractivity contribution in [3.05, 3.63) is 66.0 Å². The van der Waals surface area contributed by atoms with Gasteiger partial charge < -0.3 is 44.1 Å². The van der Waals surface area contributed by atoms with Crippen LogP contribution in [-0.4, -0.2) is 86.7 Å². The Hall–Kier alpha value is -4.43. The molecule has 12 nitrogen and oxygen atoms in total. The second-order valence-corrected chi connectivity index (χ2v) is 14.2. The van der Waals surface area contributed by atoms with E-state index in [0.717, 1.165) is 5.57 Å². The highest BCUT2D eigenvalue weighted by atomic mass is 16.6. The van der Waals surface area contributed by atoms with Crippen LogP contribution in [0.3, 0.4) is 0 Å². The van der Waals surface area contributed by atoms with E-state index in [4.69, 9.17) is 23.7 Å². The van der Waals surface area contributed by atoms with Crippen molar-refractivity contribution in [2.45, 2.75) is 71.5 Å². The summed E-state index contributed by atoms with van der Waals surface area (Å²) in [7, 11) is 3.05. The lowest BCUT2D eigenvalue weighted by atomic mass is 9.80. The van der Waals surface area contributed by atoms with Gasteiger partial charge in [0.15, 0.2) is 22.4 Å². The van der Waals surface area contributed by atoms with E-state index in [0.29, 0.717) is 147 Å². The molecule has 0 aliphatic heterocycles. The molecule has 0 spiro atoms. The van der Waals surface area contributed by atoms with Crippen molar-refractivity contribution < 1.29 is 48.9 Å². The molecule has 12 heteroatoms. The number of carbonyl (C=O) groups excluding carboxylic acids is 1. The smallest absolute Gasteiger partial charge is 0.190 e. The van der Waals surface area contributed by atoms with Gasteiger partial charge in [-0.15, -0.1) is 0 Å². The molecule has 0 radical (unpaired) electrons. The first-order chi connectivity index (χ1) is 26.7. The fourth-order valence-electron chi connectivity index (χ4n) is 8.19. The number of aliphatic hydroxyl groups is 2. The number of aromatic hydroxyl groups is 2. The third-order valence-corrected chi connectivity index (χ3v) is 10.6. The summed E-state index contributed by atoms with van der Waals surface area (Å²) in [6, 6.07) is 2.56. The first-order valence-corrected chi connectivity index (χ1v) is 18.9. The molecule has 0 fully saturated rings. The SMILES string of the molecule is COCCOCCOCCOCCCC(=O)CCCCCc1c(O)c2c(=O)cc(CO)c3c4c(CO)cc(=O)c5c(O)c(OC)c6c(c(c1C=C(C)C6)c23)c54. The van der Waals surface area contributed by atoms with Crippen LogP contribution in [0.4, 0.5) is 0 Å². The highest BCUT2D eigenvalue weighted by Crippen LogP contribution is 2.53. The lowest BCUT2D eigenvalue weighted by Crippen LogP contribution is -2.12.